The Morgan fingerprint density at radius 2 is 1.91 bits per heavy atom. The van der Waals surface area contributed by atoms with E-state index in [0.29, 0.717) is 37.6 Å². The molecule has 0 bridgehead atoms. The molecule has 3 N–H and O–H groups in total. The fourth-order valence-corrected chi connectivity index (χ4v) is 4.88. The Kier molecular flexibility index (Phi) is 9.59. The zero-order valence-electron chi connectivity index (χ0n) is 19.1. The van der Waals surface area contributed by atoms with E-state index in [0.717, 1.165) is 31.2 Å². The van der Waals surface area contributed by atoms with Gasteiger partial charge < -0.3 is 20.5 Å². The van der Waals surface area contributed by atoms with Crippen LogP contribution in [0.2, 0.25) is 5.02 Å². The smallest absolute Gasteiger partial charge is 0.315 e. The first-order valence-corrected chi connectivity index (χ1v) is 12.2. The fourth-order valence-electron chi connectivity index (χ4n) is 4.75. The average Bonchev–Trinajstić information content (AvgIpc) is 3.17. The summed E-state index contributed by atoms with van der Waals surface area (Å²) in [6.07, 6.45) is 2.94. The van der Waals surface area contributed by atoms with Crippen LogP contribution in [-0.2, 0) is 11.3 Å². The second-order valence-electron chi connectivity index (χ2n) is 9.42. The maximum Gasteiger partial charge on any atom is 0.315 e. The molecule has 0 radical (unpaired) electrons. The van der Waals surface area contributed by atoms with Gasteiger partial charge in [0.05, 0.1) is 24.4 Å². The molecule has 1 aliphatic heterocycles. The third-order valence-corrected chi connectivity index (χ3v) is 6.68. The molecule has 2 amide bonds. The first-order valence-electron chi connectivity index (χ1n) is 11.8. The molecule has 1 saturated heterocycles. The number of carbonyl (C=O) groups excluding carboxylic acids is 1. The minimum absolute atomic E-state index is 0.0901. The molecular weight excluding hydrogens is 433 g/mol. The van der Waals surface area contributed by atoms with Crippen LogP contribution in [0, 0.1) is 5.92 Å². The summed E-state index contributed by atoms with van der Waals surface area (Å²) < 4.78 is 19.6. The van der Waals surface area contributed by atoms with E-state index in [4.69, 9.17) is 16.3 Å². The summed E-state index contributed by atoms with van der Waals surface area (Å²) in [4.78, 5) is 14.6. The van der Waals surface area contributed by atoms with Crippen molar-refractivity contribution >= 4 is 17.6 Å². The third-order valence-electron chi connectivity index (χ3n) is 6.43. The minimum Gasteiger partial charge on any atom is -0.391 e. The number of alkyl halides is 1. The Labute approximate surface area is 195 Å². The first kappa shape index (κ1) is 25.2. The summed E-state index contributed by atoms with van der Waals surface area (Å²) in [6, 6.07) is 6.48. The highest BCUT2D eigenvalue weighted by Gasteiger charge is 2.35. The van der Waals surface area contributed by atoms with Crippen molar-refractivity contribution in [2.24, 2.45) is 5.92 Å². The zero-order valence-corrected chi connectivity index (χ0v) is 19.9. The van der Waals surface area contributed by atoms with Crippen LogP contribution < -0.4 is 10.6 Å². The molecule has 1 aliphatic carbocycles. The molecular formula is C24H37ClFN3O3. The minimum atomic E-state index is -0.838. The average molecular weight is 470 g/mol. The summed E-state index contributed by atoms with van der Waals surface area (Å²) >= 11 is 5.91. The lowest BCUT2D eigenvalue weighted by molar-refractivity contribution is -0.0393. The molecule has 8 heteroatoms. The van der Waals surface area contributed by atoms with E-state index in [1.807, 2.05) is 30.9 Å². The Balaban J connectivity index is 1.56. The number of hydrogen-bond acceptors (Lipinski definition) is 4. The molecule has 1 aromatic rings. The Bertz CT molecular complexity index is 713. The highest BCUT2D eigenvalue weighted by Crippen LogP contribution is 2.31. The van der Waals surface area contributed by atoms with E-state index in [-0.39, 0.29) is 24.2 Å². The van der Waals surface area contributed by atoms with Crippen LogP contribution in [0.5, 0.6) is 0 Å². The van der Waals surface area contributed by atoms with Crippen molar-refractivity contribution < 1.29 is 19.0 Å². The van der Waals surface area contributed by atoms with E-state index in [1.54, 1.807) is 12.1 Å². The molecule has 2 aliphatic rings. The lowest BCUT2D eigenvalue weighted by Gasteiger charge is -2.37. The quantitative estimate of drug-likeness (QED) is 0.513. The van der Waals surface area contributed by atoms with Gasteiger partial charge >= 0.3 is 6.03 Å². The monoisotopic (exact) mass is 469 g/mol. The number of rotatable bonds is 9. The van der Waals surface area contributed by atoms with Gasteiger partial charge in [-0.2, -0.15) is 0 Å². The molecule has 1 aromatic carbocycles. The van der Waals surface area contributed by atoms with Crippen LogP contribution in [0.1, 0.15) is 51.5 Å². The number of ether oxygens (including phenoxy) is 1. The molecule has 1 unspecified atom stereocenters. The van der Waals surface area contributed by atoms with Crippen LogP contribution in [0.25, 0.3) is 0 Å². The van der Waals surface area contributed by atoms with E-state index >= 15 is 0 Å². The maximum atomic E-state index is 13.7. The summed E-state index contributed by atoms with van der Waals surface area (Å²) in [5.74, 6) is 0.0901. The number of halogens is 2. The second kappa shape index (κ2) is 12.2. The molecule has 3 rings (SSSR count). The molecule has 1 heterocycles. The molecule has 1 saturated carbocycles. The van der Waals surface area contributed by atoms with Gasteiger partial charge in [0.15, 0.2) is 0 Å². The van der Waals surface area contributed by atoms with Crippen molar-refractivity contribution in [2.45, 2.75) is 83.0 Å². The van der Waals surface area contributed by atoms with E-state index in [9.17, 15) is 14.3 Å². The number of carbonyl (C=O) groups is 1. The highest BCUT2D eigenvalue weighted by atomic mass is 35.5. The van der Waals surface area contributed by atoms with Crippen LogP contribution >= 0.6 is 11.6 Å². The molecule has 180 valence electrons. The van der Waals surface area contributed by atoms with Crippen molar-refractivity contribution in [3.63, 3.8) is 0 Å². The van der Waals surface area contributed by atoms with Gasteiger partial charge in [-0.05, 0) is 69.6 Å². The van der Waals surface area contributed by atoms with Gasteiger partial charge in [-0.15, -0.1) is 0 Å². The number of hydrogen-bond donors (Lipinski definition) is 3. The van der Waals surface area contributed by atoms with E-state index in [1.165, 1.54) is 0 Å². The number of benzene rings is 1. The fraction of sp³-hybridized carbons (Fsp3) is 0.708. The van der Waals surface area contributed by atoms with Gasteiger partial charge in [0.2, 0.25) is 0 Å². The summed E-state index contributed by atoms with van der Waals surface area (Å²) in [5, 5.41) is 17.6. The summed E-state index contributed by atoms with van der Waals surface area (Å²) in [5.41, 5.74) is 0.935. The predicted molar refractivity (Wildman–Crippen MR) is 125 cm³/mol. The van der Waals surface area contributed by atoms with Gasteiger partial charge in [-0.1, -0.05) is 23.7 Å². The molecule has 0 spiro atoms. The van der Waals surface area contributed by atoms with Gasteiger partial charge in [-0.3, -0.25) is 4.90 Å². The predicted octanol–water partition coefficient (Wildman–Crippen LogP) is 3.90. The number of likely N-dealkylation sites (tertiary alicyclic amines) is 1. The van der Waals surface area contributed by atoms with Gasteiger partial charge in [0, 0.05) is 31.2 Å². The van der Waals surface area contributed by atoms with Crippen LogP contribution in [0.4, 0.5) is 9.18 Å². The van der Waals surface area contributed by atoms with Gasteiger partial charge in [0.25, 0.3) is 0 Å². The summed E-state index contributed by atoms with van der Waals surface area (Å²) in [7, 11) is 0. The van der Waals surface area contributed by atoms with Crippen LogP contribution in [0.3, 0.4) is 0 Å². The highest BCUT2D eigenvalue weighted by molar-refractivity contribution is 6.30. The third kappa shape index (κ3) is 7.87. The number of urea groups is 1. The lowest BCUT2D eigenvalue weighted by Crippen LogP contribution is -2.55. The molecule has 0 aromatic heterocycles. The SMILES string of the molecule is CC(C)OC1CCC([C@@H](O)[C@@H](CN2CCC(F)C2)NC(=O)NCc2ccc(Cl)cc2)CC1. The molecule has 2 fully saturated rings. The summed E-state index contributed by atoms with van der Waals surface area (Å²) in [6.45, 7) is 5.88. The van der Waals surface area contributed by atoms with Gasteiger partial charge in [-0.25, -0.2) is 9.18 Å². The largest absolute Gasteiger partial charge is 0.391 e. The van der Waals surface area contributed by atoms with Crippen molar-refractivity contribution in [3.05, 3.63) is 34.9 Å². The number of nitrogens with one attached hydrogen (secondary N) is 2. The van der Waals surface area contributed by atoms with Crippen molar-refractivity contribution in [1.29, 1.82) is 0 Å². The maximum absolute atomic E-state index is 13.7. The lowest BCUT2D eigenvalue weighted by atomic mass is 9.81. The van der Waals surface area contributed by atoms with Crippen molar-refractivity contribution in [2.75, 3.05) is 19.6 Å². The number of nitrogens with zero attached hydrogens (tertiary/aromatic N) is 1. The number of aliphatic hydroxyl groups excluding tert-OH is 1. The zero-order chi connectivity index (χ0) is 23.1. The number of amides is 2. The number of aliphatic hydroxyl groups is 1. The van der Waals surface area contributed by atoms with Gasteiger partial charge in [0.1, 0.15) is 6.17 Å². The standard InChI is InChI=1S/C24H37ClFN3O3/c1-16(2)32-21-9-5-18(6-10-21)23(30)22(15-29-12-11-20(26)14-29)28-24(31)27-13-17-3-7-19(25)8-4-17/h3-4,7-8,16,18,20-23,30H,5-6,9-15H2,1-2H3,(H2,27,28,31)/t18?,20?,21?,22-,23-/m1/s1. The van der Waals surface area contributed by atoms with Crippen molar-refractivity contribution in [3.8, 4) is 0 Å². The van der Waals surface area contributed by atoms with Crippen molar-refractivity contribution in [1.82, 2.24) is 15.5 Å². The molecule has 3 atom stereocenters. The first-order chi connectivity index (χ1) is 15.3. The van der Waals surface area contributed by atoms with E-state index < -0.39 is 18.3 Å². The van der Waals surface area contributed by atoms with Crippen LogP contribution in [-0.4, -0.2) is 66.2 Å². The normalized spacial score (nSPS) is 26.1. The second-order valence-corrected chi connectivity index (χ2v) is 9.85. The molecule has 6 nitrogen and oxygen atoms in total. The topological polar surface area (TPSA) is 73.8 Å². The van der Waals surface area contributed by atoms with E-state index in [2.05, 4.69) is 10.6 Å². The molecule has 32 heavy (non-hydrogen) atoms. The Morgan fingerprint density at radius 1 is 1.22 bits per heavy atom. The Hall–Kier alpha value is -1.41. The Morgan fingerprint density at radius 3 is 2.50 bits per heavy atom. The van der Waals surface area contributed by atoms with Crippen LogP contribution in [0.15, 0.2) is 24.3 Å².